The van der Waals surface area contributed by atoms with Crippen LogP contribution in [0.5, 0.6) is 0 Å². The van der Waals surface area contributed by atoms with E-state index in [9.17, 15) is 14.4 Å². The Morgan fingerprint density at radius 1 is 1.00 bits per heavy atom. The fourth-order valence-electron chi connectivity index (χ4n) is 3.51. The number of ketones is 1. The van der Waals surface area contributed by atoms with Gasteiger partial charge in [0.05, 0.1) is 0 Å². The second-order valence-corrected chi connectivity index (χ2v) is 7.74. The molecule has 0 atom stereocenters. The average Bonchev–Trinajstić information content (AvgIpc) is 2.70. The molecule has 1 fully saturated rings. The largest absolute Gasteiger partial charge is 0.338 e. The molecule has 0 saturated carbocycles. The minimum Gasteiger partial charge on any atom is -0.338 e. The molecule has 2 aromatic rings. The lowest BCUT2D eigenvalue weighted by Gasteiger charge is -2.26. The Kier molecular flexibility index (Phi) is 6.81. The van der Waals surface area contributed by atoms with Crippen LogP contribution in [0.15, 0.2) is 42.5 Å². The number of aryl methyl sites for hydroxylation is 2. The highest BCUT2D eigenvalue weighted by Crippen LogP contribution is 2.18. The van der Waals surface area contributed by atoms with Gasteiger partial charge in [-0.25, -0.2) is 0 Å². The van der Waals surface area contributed by atoms with Crippen molar-refractivity contribution in [3.63, 3.8) is 0 Å². The average molecular weight is 392 g/mol. The highest BCUT2D eigenvalue weighted by Gasteiger charge is 2.18. The van der Waals surface area contributed by atoms with Gasteiger partial charge in [-0.05, 0) is 61.6 Å². The van der Waals surface area contributed by atoms with Gasteiger partial charge >= 0.3 is 0 Å². The predicted molar refractivity (Wildman–Crippen MR) is 114 cm³/mol. The van der Waals surface area contributed by atoms with Crippen molar-refractivity contribution in [2.75, 3.05) is 11.9 Å². The van der Waals surface area contributed by atoms with Gasteiger partial charge in [-0.3, -0.25) is 14.4 Å². The van der Waals surface area contributed by atoms with Crippen molar-refractivity contribution in [2.45, 2.75) is 52.5 Å². The normalized spacial score (nSPS) is 14.0. The molecule has 0 aromatic heterocycles. The molecule has 1 aliphatic rings. The quantitative estimate of drug-likeness (QED) is 0.710. The highest BCUT2D eigenvalue weighted by atomic mass is 16.2. The van der Waals surface area contributed by atoms with E-state index in [4.69, 9.17) is 0 Å². The number of nitrogens with one attached hydrogen (secondary N) is 1. The van der Waals surface area contributed by atoms with Gasteiger partial charge in [-0.15, -0.1) is 0 Å². The molecule has 0 spiro atoms. The lowest BCUT2D eigenvalue weighted by molar-refractivity contribution is -0.133. The van der Waals surface area contributed by atoms with Gasteiger partial charge in [-0.2, -0.15) is 0 Å². The number of carbonyl (C=O) groups is 3. The molecule has 2 amide bonds. The number of hydrogen-bond donors (Lipinski definition) is 1. The second-order valence-electron chi connectivity index (χ2n) is 7.74. The van der Waals surface area contributed by atoms with E-state index >= 15 is 0 Å². The van der Waals surface area contributed by atoms with Crippen LogP contribution in [0.25, 0.3) is 0 Å². The number of rotatable bonds is 7. The number of amides is 2. The Morgan fingerprint density at radius 2 is 1.83 bits per heavy atom. The van der Waals surface area contributed by atoms with E-state index in [1.165, 1.54) is 0 Å². The zero-order chi connectivity index (χ0) is 20.8. The molecule has 3 rings (SSSR count). The predicted octanol–water partition coefficient (Wildman–Crippen LogP) is 4.42. The molecular formula is C24H28N2O3. The molecule has 29 heavy (non-hydrogen) atoms. The van der Waals surface area contributed by atoms with Gasteiger partial charge in [0.15, 0.2) is 5.78 Å². The van der Waals surface area contributed by atoms with Gasteiger partial charge in [0.2, 0.25) is 11.8 Å². The van der Waals surface area contributed by atoms with E-state index in [1.54, 1.807) is 0 Å². The van der Waals surface area contributed by atoms with Crippen LogP contribution in [0.2, 0.25) is 0 Å². The van der Waals surface area contributed by atoms with Crippen molar-refractivity contribution < 1.29 is 14.4 Å². The number of carbonyl (C=O) groups excluding carboxylic acids is 3. The van der Waals surface area contributed by atoms with Crippen molar-refractivity contribution in [3.05, 3.63) is 64.7 Å². The SMILES string of the molecule is Cc1ccc(C(=O)CCC(=O)Nc2cccc(CN3CCCCC3=O)c2)cc1C. The molecule has 1 aliphatic heterocycles. The number of anilines is 1. The fourth-order valence-corrected chi connectivity index (χ4v) is 3.51. The molecule has 1 N–H and O–H groups in total. The Hall–Kier alpha value is -2.95. The summed E-state index contributed by atoms with van der Waals surface area (Å²) in [5.74, 6) is -0.0236. The summed E-state index contributed by atoms with van der Waals surface area (Å²) in [6.07, 6.45) is 2.94. The van der Waals surface area contributed by atoms with Gasteiger partial charge in [-0.1, -0.05) is 24.3 Å². The van der Waals surface area contributed by atoms with Crippen LogP contribution in [0.4, 0.5) is 5.69 Å². The molecule has 0 radical (unpaired) electrons. The van der Waals surface area contributed by atoms with E-state index in [2.05, 4.69) is 5.32 Å². The van der Waals surface area contributed by atoms with Crippen LogP contribution in [0, 0.1) is 13.8 Å². The summed E-state index contributed by atoms with van der Waals surface area (Å²) in [5, 5.41) is 2.86. The van der Waals surface area contributed by atoms with Crippen molar-refractivity contribution in [1.82, 2.24) is 4.90 Å². The van der Waals surface area contributed by atoms with Crippen LogP contribution in [0.1, 0.15) is 59.2 Å². The summed E-state index contributed by atoms with van der Waals surface area (Å²) in [6, 6.07) is 13.2. The Balaban J connectivity index is 1.53. The molecule has 5 heteroatoms. The Labute approximate surface area is 172 Å². The molecule has 152 valence electrons. The number of piperidine rings is 1. The first kappa shape index (κ1) is 20.8. The van der Waals surface area contributed by atoms with E-state index in [1.807, 2.05) is 61.2 Å². The topological polar surface area (TPSA) is 66.5 Å². The summed E-state index contributed by atoms with van der Waals surface area (Å²) < 4.78 is 0. The Morgan fingerprint density at radius 3 is 2.59 bits per heavy atom. The van der Waals surface area contributed by atoms with Crippen LogP contribution in [-0.2, 0) is 16.1 Å². The molecule has 5 nitrogen and oxygen atoms in total. The number of Topliss-reactive ketones (excluding diaryl/α,β-unsaturated/α-hetero) is 1. The monoisotopic (exact) mass is 392 g/mol. The molecule has 0 unspecified atom stereocenters. The van der Waals surface area contributed by atoms with Gasteiger partial charge in [0.25, 0.3) is 0 Å². The lowest BCUT2D eigenvalue weighted by Crippen LogP contribution is -2.34. The van der Waals surface area contributed by atoms with Crippen LogP contribution < -0.4 is 5.32 Å². The van der Waals surface area contributed by atoms with E-state index in [0.717, 1.165) is 36.1 Å². The number of hydrogen-bond acceptors (Lipinski definition) is 3. The van der Waals surface area contributed by atoms with Crippen molar-refractivity contribution in [2.24, 2.45) is 0 Å². The lowest BCUT2D eigenvalue weighted by atomic mass is 10.0. The third-order valence-electron chi connectivity index (χ3n) is 5.41. The number of benzene rings is 2. The minimum atomic E-state index is -0.187. The molecular weight excluding hydrogens is 364 g/mol. The standard InChI is InChI=1S/C24H28N2O3/c1-17-9-10-20(14-18(17)2)22(27)11-12-23(28)25-21-7-5-6-19(15-21)16-26-13-4-3-8-24(26)29/h5-7,9-10,14-15H,3-4,8,11-13,16H2,1-2H3,(H,25,28). The third-order valence-corrected chi connectivity index (χ3v) is 5.41. The van der Waals surface area contributed by atoms with E-state index < -0.39 is 0 Å². The molecule has 0 bridgehead atoms. The molecule has 0 aliphatic carbocycles. The second kappa shape index (κ2) is 9.50. The maximum atomic E-state index is 12.4. The first-order chi connectivity index (χ1) is 13.9. The molecule has 1 heterocycles. The summed E-state index contributed by atoms with van der Waals surface area (Å²) >= 11 is 0. The first-order valence-corrected chi connectivity index (χ1v) is 10.2. The maximum Gasteiger partial charge on any atom is 0.224 e. The van der Waals surface area contributed by atoms with Gasteiger partial charge in [0.1, 0.15) is 0 Å². The smallest absolute Gasteiger partial charge is 0.224 e. The molecule has 2 aromatic carbocycles. The zero-order valence-electron chi connectivity index (χ0n) is 17.2. The number of likely N-dealkylation sites (tertiary alicyclic amines) is 1. The minimum absolute atomic E-state index is 0.0272. The van der Waals surface area contributed by atoms with E-state index in [0.29, 0.717) is 24.2 Å². The van der Waals surface area contributed by atoms with Crippen molar-refractivity contribution >= 4 is 23.3 Å². The summed E-state index contributed by atoms with van der Waals surface area (Å²) in [6.45, 7) is 5.33. The van der Waals surface area contributed by atoms with Gasteiger partial charge < -0.3 is 10.2 Å². The Bertz CT molecular complexity index is 920. The zero-order valence-corrected chi connectivity index (χ0v) is 17.2. The van der Waals surface area contributed by atoms with Crippen LogP contribution >= 0.6 is 0 Å². The van der Waals surface area contributed by atoms with Crippen LogP contribution in [0.3, 0.4) is 0 Å². The summed E-state index contributed by atoms with van der Waals surface area (Å²) in [5.41, 5.74) is 4.55. The fraction of sp³-hybridized carbons (Fsp3) is 0.375. The van der Waals surface area contributed by atoms with E-state index in [-0.39, 0.29) is 30.4 Å². The first-order valence-electron chi connectivity index (χ1n) is 10.2. The summed E-state index contributed by atoms with van der Waals surface area (Å²) in [7, 11) is 0. The van der Waals surface area contributed by atoms with Crippen LogP contribution in [-0.4, -0.2) is 29.0 Å². The van der Waals surface area contributed by atoms with Gasteiger partial charge in [0, 0.05) is 43.6 Å². The highest BCUT2D eigenvalue weighted by molar-refractivity contribution is 6.00. The van der Waals surface area contributed by atoms with Crippen molar-refractivity contribution in [1.29, 1.82) is 0 Å². The maximum absolute atomic E-state index is 12.4. The third kappa shape index (κ3) is 5.76. The number of nitrogens with zero attached hydrogens (tertiary/aromatic N) is 1. The molecule has 1 saturated heterocycles. The summed E-state index contributed by atoms with van der Waals surface area (Å²) in [4.78, 5) is 38.5. The van der Waals surface area contributed by atoms with Crippen molar-refractivity contribution in [3.8, 4) is 0 Å².